The van der Waals surface area contributed by atoms with E-state index in [2.05, 4.69) is 9.98 Å². The van der Waals surface area contributed by atoms with E-state index in [-0.39, 0.29) is 41.5 Å². The summed E-state index contributed by atoms with van der Waals surface area (Å²) in [5, 5.41) is 0. The summed E-state index contributed by atoms with van der Waals surface area (Å²) >= 11 is 0. The van der Waals surface area contributed by atoms with Gasteiger partial charge in [-0.2, -0.15) is 0 Å². The number of nitrogens with zero attached hydrogens (tertiary/aromatic N) is 3. The smallest absolute Gasteiger partial charge is 0.191 e. The molecule has 0 aromatic carbocycles. The molecule has 22 heavy (non-hydrogen) atoms. The quantitative estimate of drug-likeness (QED) is 0.421. The molecule has 0 amide bonds. The van der Waals surface area contributed by atoms with E-state index < -0.39 is 9.84 Å². The molecule has 1 fully saturated rings. The first kappa shape index (κ1) is 19.1. The third kappa shape index (κ3) is 5.06. The third-order valence-electron chi connectivity index (χ3n) is 3.20. The molecule has 1 aliphatic rings. The summed E-state index contributed by atoms with van der Waals surface area (Å²) in [6.07, 6.45) is 2.81. The van der Waals surface area contributed by atoms with Gasteiger partial charge in [-0.25, -0.2) is 13.4 Å². The van der Waals surface area contributed by atoms with Gasteiger partial charge in [0.05, 0.1) is 29.8 Å². The zero-order valence-corrected chi connectivity index (χ0v) is 15.7. The summed E-state index contributed by atoms with van der Waals surface area (Å²) < 4.78 is 28.8. The molecule has 0 saturated carbocycles. The molecule has 124 valence electrons. The minimum Gasteiger partial charge on any atom is -0.375 e. The van der Waals surface area contributed by atoms with E-state index in [0.29, 0.717) is 31.3 Å². The molecule has 7 nitrogen and oxygen atoms in total. The molecule has 2 heterocycles. The SMILES string of the molecule is CC1CN(C(N)=NCc2ncccc2S(C)(=O)=O)CCO1.I. The summed E-state index contributed by atoms with van der Waals surface area (Å²) in [6, 6.07) is 3.12. The van der Waals surface area contributed by atoms with E-state index in [0.717, 1.165) is 6.26 Å². The van der Waals surface area contributed by atoms with Crippen molar-refractivity contribution in [3.8, 4) is 0 Å². The first-order valence-corrected chi connectivity index (χ1v) is 8.57. The lowest BCUT2D eigenvalue weighted by Crippen LogP contribution is -2.47. The largest absolute Gasteiger partial charge is 0.375 e. The average Bonchev–Trinajstić information content (AvgIpc) is 2.44. The van der Waals surface area contributed by atoms with Crippen molar-refractivity contribution >= 4 is 39.8 Å². The van der Waals surface area contributed by atoms with E-state index in [9.17, 15) is 8.42 Å². The number of aromatic nitrogens is 1. The standard InChI is InChI=1S/C13H20N4O3S.HI/c1-10-9-17(6-7-20-10)13(14)16-8-11-12(21(2,18)19)4-3-5-15-11;/h3-5,10H,6-9H2,1-2H3,(H2,14,16);1H. The van der Waals surface area contributed by atoms with E-state index in [4.69, 9.17) is 10.5 Å². The number of ether oxygens (including phenoxy) is 1. The molecule has 1 aliphatic heterocycles. The van der Waals surface area contributed by atoms with Gasteiger partial charge < -0.3 is 15.4 Å². The molecule has 0 spiro atoms. The van der Waals surface area contributed by atoms with Gasteiger partial charge in [-0.05, 0) is 19.1 Å². The molecule has 0 radical (unpaired) electrons. The van der Waals surface area contributed by atoms with Crippen molar-refractivity contribution < 1.29 is 13.2 Å². The topological polar surface area (TPSA) is 97.9 Å². The van der Waals surface area contributed by atoms with Crippen LogP contribution < -0.4 is 5.73 Å². The van der Waals surface area contributed by atoms with E-state index in [1.54, 1.807) is 12.3 Å². The van der Waals surface area contributed by atoms with Crippen molar-refractivity contribution in [2.24, 2.45) is 10.7 Å². The molecule has 0 bridgehead atoms. The first-order chi connectivity index (χ1) is 9.88. The number of hydrogen-bond acceptors (Lipinski definition) is 5. The fraction of sp³-hybridized carbons (Fsp3) is 0.538. The highest BCUT2D eigenvalue weighted by atomic mass is 127. The third-order valence-corrected chi connectivity index (χ3v) is 4.37. The molecule has 0 aliphatic carbocycles. The second-order valence-electron chi connectivity index (χ2n) is 5.02. The number of hydrogen-bond donors (Lipinski definition) is 1. The molecule has 1 saturated heterocycles. The number of nitrogens with two attached hydrogens (primary N) is 1. The summed E-state index contributed by atoms with van der Waals surface area (Å²) in [6.45, 7) is 4.08. The van der Waals surface area contributed by atoms with Crippen molar-refractivity contribution in [1.82, 2.24) is 9.88 Å². The Bertz CT molecular complexity index is 636. The van der Waals surface area contributed by atoms with Crippen LogP contribution in [0.3, 0.4) is 0 Å². The number of pyridine rings is 1. The molecule has 9 heteroatoms. The molecule has 1 aromatic heterocycles. The number of aliphatic imine (C=N–C) groups is 1. The van der Waals surface area contributed by atoms with Gasteiger partial charge in [0.1, 0.15) is 0 Å². The van der Waals surface area contributed by atoms with Crippen LogP contribution >= 0.6 is 24.0 Å². The molecule has 2 rings (SSSR count). The van der Waals surface area contributed by atoms with Gasteiger partial charge in [0, 0.05) is 25.5 Å². The molecule has 1 aromatic rings. The Hall–Kier alpha value is -0.940. The predicted octanol–water partition coefficient (Wildman–Crippen LogP) is 0.638. The van der Waals surface area contributed by atoms with Crippen LogP contribution in [0.15, 0.2) is 28.2 Å². The number of rotatable bonds is 3. The Morgan fingerprint density at radius 1 is 1.59 bits per heavy atom. The van der Waals surface area contributed by atoms with Gasteiger partial charge in [0.25, 0.3) is 0 Å². The Morgan fingerprint density at radius 3 is 2.95 bits per heavy atom. The maximum atomic E-state index is 11.7. The lowest BCUT2D eigenvalue weighted by atomic mass is 10.3. The van der Waals surface area contributed by atoms with Crippen molar-refractivity contribution in [3.05, 3.63) is 24.0 Å². The minimum absolute atomic E-state index is 0. The van der Waals surface area contributed by atoms with Crippen LogP contribution in [0.2, 0.25) is 0 Å². The Balaban J connectivity index is 0.00000242. The van der Waals surface area contributed by atoms with Crippen molar-refractivity contribution in [2.75, 3.05) is 26.0 Å². The number of sulfone groups is 1. The summed E-state index contributed by atoms with van der Waals surface area (Å²) in [5.74, 6) is 0.384. The molecular weight excluding hydrogens is 419 g/mol. The van der Waals surface area contributed by atoms with Crippen molar-refractivity contribution in [1.29, 1.82) is 0 Å². The Morgan fingerprint density at radius 2 is 2.32 bits per heavy atom. The van der Waals surface area contributed by atoms with Crippen LogP contribution in [-0.4, -0.2) is 56.3 Å². The van der Waals surface area contributed by atoms with Gasteiger partial charge in [-0.1, -0.05) is 0 Å². The van der Waals surface area contributed by atoms with Crippen molar-refractivity contribution in [3.63, 3.8) is 0 Å². The van der Waals surface area contributed by atoms with Gasteiger partial charge in [-0.15, -0.1) is 24.0 Å². The fourth-order valence-corrected chi connectivity index (χ4v) is 3.03. The number of morpholine rings is 1. The Labute approximate surface area is 147 Å². The van der Waals surface area contributed by atoms with Crippen LogP contribution in [0.4, 0.5) is 0 Å². The molecule has 1 atom stereocenters. The van der Waals surface area contributed by atoms with Crippen LogP contribution in [0.25, 0.3) is 0 Å². The van der Waals surface area contributed by atoms with E-state index >= 15 is 0 Å². The highest BCUT2D eigenvalue weighted by Crippen LogP contribution is 2.14. The summed E-state index contributed by atoms with van der Waals surface area (Å²) in [7, 11) is -3.32. The number of guanidine groups is 1. The maximum Gasteiger partial charge on any atom is 0.191 e. The lowest BCUT2D eigenvalue weighted by Gasteiger charge is -2.31. The van der Waals surface area contributed by atoms with Gasteiger partial charge in [-0.3, -0.25) is 4.98 Å². The van der Waals surface area contributed by atoms with E-state index in [1.165, 1.54) is 6.07 Å². The fourth-order valence-electron chi connectivity index (χ4n) is 2.16. The van der Waals surface area contributed by atoms with Crippen LogP contribution in [0, 0.1) is 0 Å². The first-order valence-electron chi connectivity index (χ1n) is 6.68. The minimum atomic E-state index is -3.32. The van der Waals surface area contributed by atoms with Gasteiger partial charge in [0.15, 0.2) is 15.8 Å². The van der Waals surface area contributed by atoms with Crippen molar-refractivity contribution in [2.45, 2.75) is 24.5 Å². The summed E-state index contributed by atoms with van der Waals surface area (Å²) in [5.41, 5.74) is 6.37. The second-order valence-corrected chi connectivity index (χ2v) is 7.01. The Kier molecular flexibility index (Phi) is 7.00. The average molecular weight is 440 g/mol. The zero-order valence-electron chi connectivity index (χ0n) is 12.6. The zero-order chi connectivity index (χ0) is 15.5. The van der Waals surface area contributed by atoms with Gasteiger partial charge >= 0.3 is 0 Å². The monoisotopic (exact) mass is 440 g/mol. The molecule has 1 unspecified atom stereocenters. The second kappa shape index (κ2) is 8.06. The summed E-state index contributed by atoms with van der Waals surface area (Å²) in [4.78, 5) is 10.5. The lowest BCUT2D eigenvalue weighted by molar-refractivity contribution is 0.00528. The van der Waals surface area contributed by atoms with Crippen LogP contribution in [0.5, 0.6) is 0 Å². The number of halogens is 1. The molecular formula is C13H21IN4O3S. The van der Waals surface area contributed by atoms with Gasteiger partial charge in [0.2, 0.25) is 0 Å². The van der Waals surface area contributed by atoms with Crippen LogP contribution in [0.1, 0.15) is 12.6 Å². The highest BCUT2D eigenvalue weighted by molar-refractivity contribution is 14.0. The van der Waals surface area contributed by atoms with E-state index in [1.807, 2.05) is 11.8 Å². The predicted molar refractivity (Wildman–Crippen MR) is 95.1 cm³/mol. The highest BCUT2D eigenvalue weighted by Gasteiger charge is 2.18. The maximum absolute atomic E-state index is 11.7. The van der Waals surface area contributed by atoms with Crippen LogP contribution in [-0.2, 0) is 21.1 Å². The molecule has 2 N–H and O–H groups in total. The normalized spacial score (nSPS) is 19.6.